The van der Waals surface area contributed by atoms with Gasteiger partial charge in [-0.25, -0.2) is 4.98 Å². The molecule has 5 heteroatoms. The zero-order valence-corrected chi connectivity index (χ0v) is 13.6. The molecule has 0 radical (unpaired) electrons. The Morgan fingerprint density at radius 1 is 1.40 bits per heavy atom. The molecule has 0 spiro atoms. The van der Waals surface area contributed by atoms with Crippen LogP contribution in [0.2, 0.25) is 5.02 Å². The molecule has 0 aromatic carbocycles. The molecular formula is C15H20ClN3S. The first kappa shape index (κ1) is 15.3. The lowest BCUT2D eigenvalue weighted by Crippen LogP contribution is -2.30. The van der Waals surface area contributed by atoms with E-state index in [1.165, 1.54) is 4.88 Å². The minimum Gasteiger partial charge on any atom is -0.373 e. The molecular weight excluding hydrogens is 290 g/mol. The Labute approximate surface area is 129 Å². The molecule has 0 aliphatic rings. The molecule has 108 valence electrons. The number of thiophene rings is 1. The number of rotatable bonds is 6. The van der Waals surface area contributed by atoms with Crippen molar-refractivity contribution in [1.82, 2.24) is 9.88 Å². The predicted molar refractivity (Wildman–Crippen MR) is 87.7 cm³/mol. The molecule has 1 unspecified atom stereocenters. The third-order valence-corrected chi connectivity index (χ3v) is 4.65. The van der Waals surface area contributed by atoms with E-state index in [9.17, 15) is 0 Å². The molecule has 0 amide bonds. The number of hydrogen-bond acceptors (Lipinski definition) is 4. The summed E-state index contributed by atoms with van der Waals surface area (Å²) in [7, 11) is 3.98. The zero-order valence-electron chi connectivity index (χ0n) is 12.1. The molecule has 0 aliphatic heterocycles. The fraction of sp³-hybridized carbons (Fsp3) is 0.400. The maximum atomic E-state index is 6.23. The molecule has 2 aromatic rings. The van der Waals surface area contributed by atoms with Gasteiger partial charge in [0, 0.05) is 24.5 Å². The van der Waals surface area contributed by atoms with E-state index >= 15 is 0 Å². The van der Waals surface area contributed by atoms with Gasteiger partial charge in [-0.2, -0.15) is 0 Å². The van der Waals surface area contributed by atoms with Gasteiger partial charge in [-0.15, -0.1) is 11.3 Å². The average molecular weight is 310 g/mol. The predicted octanol–water partition coefficient (Wildman–Crippen LogP) is 3.90. The Kier molecular flexibility index (Phi) is 5.40. The molecule has 0 aliphatic carbocycles. The fourth-order valence-corrected chi connectivity index (χ4v) is 2.99. The van der Waals surface area contributed by atoms with Crippen LogP contribution in [0.4, 0.5) is 5.82 Å². The molecule has 1 N–H and O–H groups in total. The fourth-order valence-electron chi connectivity index (χ4n) is 2.00. The largest absolute Gasteiger partial charge is 0.373 e. The summed E-state index contributed by atoms with van der Waals surface area (Å²) in [5.41, 5.74) is 0.916. The van der Waals surface area contributed by atoms with Gasteiger partial charge in [0.2, 0.25) is 0 Å². The van der Waals surface area contributed by atoms with E-state index in [-0.39, 0.29) is 0 Å². The van der Waals surface area contributed by atoms with E-state index in [4.69, 9.17) is 11.6 Å². The Morgan fingerprint density at radius 2 is 2.20 bits per heavy atom. The van der Waals surface area contributed by atoms with Crippen molar-refractivity contribution >= 4 is 28.8 Å². The summed E-state index contributed by atoms with van der Waals surface area (Å²) in [6, 6.07) is 8.52. The van der Waals surface area contributed by atoms with Gasteiger partial charge >= 0.3 is 0 Å². The molecule has 2 rings (SSSR count). The van der Waals surface area contributed by atoms with Gasteiger partial charge < -0.3 is 5.32 Å². The van der Waals surface area contributed by atoms with E-state index in [1.807, 2.05) is 19.2 Å². The second-order valence-electron chi connectivity index (χ2n) is 4.92. The highest BCUT2D eigenvalue weighted by Gasteiger charge is 2.13. The molecule has 3 nitrogen and oxygen atoms in total. The van der Waals surface area contributed by atoms with Crippen LogP contribution in [0.5, 0.6) is 0 Å². The molecule has 0 fully saturated rings. The number of anilines is 1. The monoisotopic (exact) mass is 309 g/mol. The second kappa shape index (κ2) is 7.07. The van der Waals surface area contributed by atoms with Crippen molar-refractivity contribution in [3.63, 3.8) is 0 Å². The van der Waals surface area contributed by atoms with E-state index in [0.717, 1.165) is 29.5 Å². The Hall–Kier alpha value is -1.10. The molecule has 1 atom stereocenters. The number of halogens is 1. The third kappa shape index (κ3) is 3.95. The van der Waals surface area contributed by atoms with Gasteiger partial charge in [-0.3, -0.25) is 4.90 Å². The van der Waals surface area contributed by atoms with Crippen molar-refractivity contribution in [3.8, 4) is 0 Å². The second-order valence-corrected chi connectivity index (χ2v) is 6.36. The van der Waals surface area contributed by atoms with Crippen LogP contribution < -0.4 is 5.32 Å². The van der Waals surface area contributed by atoms with Crippen molar-refractivity contribution in [3.05, 3.63) is 45.2 Å². The first-order chi connectivity index (χ1) is 9.60. The van der Waals surface area contributed by atoms with Crippen LogP contribution in [0.15, 0.2) is 29.6 Å². The summed E-state index contributed by atoms with van der Waals surface area (Å²) < 4.78 is 0. The highest BCUT2D eigenvalue weighted by Crippen LogP contribution is 2.20. The molecule has 20 heavy (non-hydrogen) atoms. The molecule has 2 aromatic heterocycles. The Morgan fingerprint density at radius 3 is 2.85 bits per heavy atom. The maximum absolute atomic E-state index is 6.23. The highest BCUT2D eigenvalue weighted by atomic mass is 35.5. The van der Waals surface area contributed by atoms with Crippen molar-refractivity contribution < 1.29 is 0 Å². The summed E-state index contributed by atoms with van der Waals surface area (Å²) in [4.78, 5) is 8.22. The summed E-state index contributed by atoms with van der Waals surface area (Å²) in [5, 5.41) is 5.89. The first-order valence-corrected chi connectivity index (χ1v) is 7.91. The number of aromatic nitrogens is 1. The van der Waals surface area contributed by atoms with Crippen LogP contribution >= 0.6 is 22.9 Å². The average Bonchev–Trinajstić information content (AvgIpc) is 2.94. The van der Waals surface area contributed by atoms with Crippen LogP contribution in [0.3, 0.4) is 0 Å². The van der Waals surface area contributed by atoms with Crippen molar-refractivity contribution in [2.24, 2.45) is 0 Å². The molecule has 0 bridgehead atoms. The summed E-state index contributed by atoms with van der Waals surface area (Å²) >= 11 is 8.04. The van der Waals surface area contributed by atoms with Gasteiger partial charge in [-0.1, -0.05) is 17.7 Å². The van der Waals surface area contributed by atoms with Crippen LogP contribution in [-0.2, 0) is 13.0 Å². The van der Waals surface area contributed by atoms with Crippen LogP contribution in [0.1, 0.15) is 17.5 Å². The SMILES string of the molecule is CNc1ccc(Cl)c(CN(C)C(C)Cc2cccs2)n1. The number of hydrogen-bond donors (Lipinski definition) is 1. The minimum atomic E-state index is 0.449. The number of nitrogens with zero attached hydrogens (tertiary/aromatic N) is 2. The summed E-state index contributed by atoms with van der Waals surface area (Å²) in [6.45, 7) is 2.98. The third-order valence-electron chi connectivity index (χ3n) is 3.40. The van der Waals surface area contributed by atoms with Crippen LogP contribution in [0, 0.1) is 0 Å². The number of likely N-dealkylation sites (N-methyl/N-ethyl adjacent to an activating group) is 1. The Balaban J connectivity index is 2.01. The van der Waals surface area contributed by atoms with E-state index in [2.05, 4.69) is 46.7 Å². The smallest absolute Gasteiger partial charge is 0.126 e. The standard InChI is InChI=1S/C15H20ClN3S/c1-11(9-12-5-4-8-20-12)19(3)10-14-13(16)6-7-15(17-2)18-14/h4-8,11H,9-10H2,1-3H3,(H,17,18). The van der Waals surface area contributed by atoms with Crippen molar-refractivity contribution in [2.45, 2.75) is 25.9 Å². The van der Waals surface area contributed by atoms with Gasteiger partial charge in [0.25, 0.3) is 0 Å². The van der Waals surface area contributed by atoms with E-state index in [1.54, 1.807) is 11.3 Å². The Bertz CT molecular complexity index is 542. The summed E-state index contributed by atoms with van der Waals surface area (Å²) in [6.07, 6.45) is 1.05. The van der Waals surface area contributed by atoms with Gasteiger partial charge in [0.1, 0.15) is 5.82 Å². The molecule has 0 saturated heterocycles. The molecule has 0 saturated carbocycles. The lowest BCUT2D eigenvalue weighted by molar-refractivity contribution is 0.246. The number of pyridine rings is 1. The maximum Gasteiger partial charge on any atom is 0.126 e. The van der Waals surface area contributed by atoms with Crippen molar-refractivity contribution in [2.75, 3.05) is 19.4 Å². The summed E-state index contributed by atoms with van der Waals surface area (Å²) in [5.74, 6) is 0.851. The van der Waals surface area contributed by atoms with Crippen molar-refractivity contribution in [1.29, 1.82) is 0 Å². The quantitative estimate of drug-likeness (QED) is 0.877. The van der Waals surface area contributed by atoms with E-state index < -0.39 is 0 Å². The molecule has 2 heterocycles. The van der Waals surface area contributed by atoms with Crippen LogP contribution in [-0.4, -0.2) is 30.0 Å². The minimum absolute atomic E-state index is 0.449. The normalized spacial score (nSPS) is 12.7. The topological polar surface area (TPSA) is 28.2 Å². The lowest BCUT2D eigenvalue weighted by atomic mass is 10.2. The zero-order chi connectivity index (χ0) is 14.5. The van der Waals surface area contributed by atoms with Crippen LogP contribution in [0.25, 0.3) is 0 Å². The van der Waals surface area contributed by atoms with Gasteiger partial charge in [0.15, 0.2) is 0 Å². The number of nitrogens with one attached hydrogen (secondary N) is 1. The lowest BCUT2D eigenvalue weighted by Gasteiger charge is -2.24. The van der Waals surface area contributed by atoms with E-state index in [0.29, 0.717) is 6.04 Å². The van der Waals surface area contributed by atoms with Gasteiger partial charge in [-0.05, 0) is 44.0 Å². The highest BCUT2D eigenvalue weighted by molar-refractivity contribution is 7.09. The van der Waals surface area contributed by atoms with Gasteiger partial charge in [0.05, 0.1) is 10.7 Å². The first-order valence-electron chi connectivity index (χ1n) is 6.66.